The van der Waals surface area contributed by atoms with Crippen molar-refractivity contribution < 1.29 is 0 Å². The molecule has 0 aliphatic heterocycles. The molecule has 4 heteroatoms. The molecule has 0 fully saturated rings. The van der Waals surface area contributed by atoms with Crippen molar-refractivity contribution in [1.29, 1.82) is 0 Å². The maximum absolute atomic E-state index is 6.15. The van der Waals surface area contributed by atoms with Gasteiger partial charge in [0.15, 0.2) is 5.82 Å². The Balaban J connectivity index is 2.25. The summed E-state index contributed by atoms with van der Waals surface area (Å²) in [5.41, 5.74) is 4.65. The average Bonchev–Trinajstić information content (AvgIpc) is 2.44. The van der Waals surface area contributed by atoms with Gasteiger partial charge in [0, 0.05) is 16.6 Å². The van der Waals surface area contributed by atoms with Crippen molar-refractivity contribution in [3.63, 3.8) is 0 Å². The van der Waals surface area contributed by atoms with E-state index in [4.69, 9.17) is 11.6 Å². The third-order valence-corrected chi connectivity index (χ3v) is 3.85. The number of benzene rings is 1. The van der Waals surface area contributed by atoms with E-state index in [2.05, 4.69) is 27.9 Å². The van der Waals surface area contributed by atoms with Gasteiger partial charge in [-0.2, -0.15) is 0 Å². The number of halogens is 1. The van der Waals surface area contributed by atoms with Crippen LogP contribution in [-0.2, 0) is 0 Å². The van der Waals surface area contributed by atoms with E-state index >= 15 is 0 Å². The summed E-state index contributed by atoms with van der Waals surface area (Å²) < 4.78 is 0. The molecule has 0 saturated carbocycles. The van der Waals surface area contributed by atoms with Crippen molar-refractivity contribution in [1.82, 2.24) is 15.0 Å². The first-order valence-corrected chi connectivity index (χ1v) is 6.81. The van der Waals surface area contributed by atoms with Crippen LogP contribution in [0.3, 0.4) is 0 Å². The quantitative estimate of drug-likeness (QED) is 0.626. The number of hydrogen-bond donors (Lipinski definition) is 0. The monoisotopic (exact) mass is 283 g/mol. The topological polar surface area (TPSA) is 38.7 Å². The van der Waals surface area contributed by atoms with Gasteiger partial charge in [-0.1, -0.05) is 29.8 Å². The molecule has 0 spiro atoms. The number of fused-ring (bicyclic) bond motifs is 1. The number of aromatic nitrogens is 3. The maximum atomic E-state index is 6.15. The van der Waals surface area contributed by atoms with Gasteiger partial charge in [-0.05, 0) is 38.5 Å². The van der Waals surface area contributed by atoms with E-state index in [1.807, 2.05) is 38.1 Å². The first kappa shape index (κ1) is 13.0. The number of para-hydroxylation sites is 1. The molecular weight excluding hydrogens is 270 g/mol. The summed E-state index contributed by atoms with van der Waals surface area (Å²) in [4.78, 5) is 13.5. The summed E-state index contributed by atoms with van der Waals surface area (Å²) in [5, 5.41) is 1.63. The van der Waals surface area contributed by atoms with E-state index in [1.165, 1.54) is 0 Å². The Morgan fingerprint density at radius 1 is 0.950 bits per heavy atom. The molecule has 3 rings (SSSR count). The van der Waals surface area contributed by atoms with E-state index in [9.17, 15) is 0 Å². The molecule has 0 atom stereocenters. The maximum Gasteiger partial charge on any atom is 0.179 e. The number of nitrogens with zero attached hydrogens (tertiary/aromatic N) is 3. The van der Waals surface area contributed by atoms with Gasteiger partial charge in [0.05, 0.1) is 5.52 Å². The van der Waals surface area contributed by atoms with Gasteiger partial charge in [-0.3, -0.25) is 0 Å². The molecule has 0 unspecified atom stereocenters. The fourth-order valence-corrected chi connectivity index (χ4v) is 2.39. The molecule has 2 aromatic heterocycles. The largest absolute Gasteiger partial charge is 0.244 e. The minimum atomic E-state index is 0.486. The van der Waals surface area contributed by atoms with Crippen molar-refractivity contribution in [3.05, 3.63) is 52.3 Å². The van der Waals surface area contributed by atoms with Crippen molar-refractivity contribution in [2.75, 3.05) is 0 Å². The smallest absolute Gasteiger partial charge is 0.179 e. The lowest BCUT2D eigenvalue weighted by Crippen LogP contribution is -1.99. The molecule has 1 aromatic carbocycles. The van der Waals surface area contributed by atoms with E-state index < -0.39 is 0 Å². The minimum absolute atomic E-state index is 0.486. The summed E-state index contributed by atoms with van der Waals surface area (Å²) in [6.07, 6.45) is 0. The zero-order chi connectivity index (χ0) is 14.3. The zero-order valence-electron chi connectivity index (χ0n) is 11.6. The Morgan fingerprint density at radius 3 is 2.45 bits per heavy atom. The Bertz CT molecular complexity index is 789. The first-order valence-electron chi connectivity index (χ1n) is 6.44. The highest BCUT2D eigenvalue weighted by atomic mass is 35.5. The Labute approximate surface area is 122 Å². The van der Waals surface area contributed by atoms with Gasteiger partial charge in [0.25, 0.3) is 0 Å². The van der Waals surface area contributed by atoms with Crippen molar-refractivity contribution >= 4 is 22.5 Å². The number of rotatable bonds is 1. The molecular formula is C16H14ClN3. The van der Waals surface area contributed by atoms with Crippen LogP contribution >= 0.6 is 11.6 Å². The molecule has 3 aromatic rings. The van der Waals surface area contributed by atoms with Crippen LogP contribution < -0.4 is 0 Å². The van der Waals surface area contributed by atoms with Crippen molar-refractivity contribution in [3.8, 4) is 11.5 Å². The second-order valence-electron chi connectivity index (χ2n) is 4.89. The first-order chi connectivity index (χ1) is 9.56. The van der Waals surface area contributed by atoms with Crippen LogP contribution in [0, 0.1) is 20.8 Å². The van der Waals surface area contributed by atoms with Crippen LogP contribution in [0.15, 0.2) is 30.3 Å². The Kier molecular flexibility index (Phi) is 3.14. The van der Waals surface area contributed by atoms with Crippen LogP contribution in [0.4, 0.5) is 0 Å². The second kappa shape index (κ2) is 4.84. The predicted octanol–water partition coefficient (Wildman–Crippen LogP) is 4.27. The standard InChI is InChI=1S/C16H14ClN3/c1-9-8-14(19-13-7-5-4-6-12(9)13)16-18-11(3)10(2)15(17)20-16/h4-8H,1-3H3. The molecule has 0 bridgehead atoms. The average molecular weight is 284 g/mol. The molecule has 100 valence electrons. The fraction of sp³-hybridized carbons (Fsp3) is 0.188. The zero-order valence-corrected chi connectivity index (χ0v) is 12.4. The van der Waals surface area contributed by atoms with E-state index in [1.54, 1.807) is 0 Å². The molecule has 3 nitrogen and oxygen atoms in total. The third-order valence-electron chi connectivity index (χ3n) is 3.48. The SMILES string of the molecule is Cc1nc(-c2cc(C)c3ccccc3n2)nc(Cl)c1C. The molecule has 20 heavy (non-hydrogen) atoms. The molecule has 0 aliphatic carbocycles. The lowest BCUT2D eigenvalue weighted by Gasteiger charge is -2.08. The van der Waals surface area contributed by atoms with Gasteiger partial charge in [0.2, 0.25) is 0 Å². The molecule has 2 heterocycles. The molecule has 0 radical (unpaired) electrons. The number of hydrogen-bond acceptors (Lipinski definition) is 3. The van der Waals surface area contributed by atoms with E-state index in [0.717, 1.165) is 33.4 Å². The van der Waals surface area contributed by atoms with Gasteiger partial charge in [-0.25, -0.2) is 15.0 Å². The predicted molar refractivity (Wildman–Crippen MR) is 82.0 cm³/mol. The van der Waals surface area contributed by atoms with Gasteiger partial charge < -0.3 is 0 Å². The van der Waals surface area contributed by atoms with Crippen LogP contribution in [0.2, 0.25) is 5.15 Å². The Morgan fingerprint density at radius 2 is 1.70 bits per heavy atom. The highest BCUT2D eigenvalue weighted by molar-refractivity contribution is 6.30. The van der Waals surface area contributed by atoms with Crippen molar-refractivity contribution in [2.24, 2.45) is 0 Å². The molecule has 0 N–H and O–H groups in total. The molecule has 0 aliphatic rings. The number of aryl methyl sites for hydroxylation is 2. The normalized spacial score (nSPS) is 11.0. The van der Waals surface area contributed by atoms with E-state index in [-0.39, 0.29) is 0 Å². The van der Waals surface area contributed by atoms with E-state index in [0.29, 0.717) is 11.0 Å². The Hall–Kier alpha value is -2.00. The van der Waals surface area contributed by atoms with Crippen LogP contribution in [-0.4, -0.2) is 15.0 Å². The lowest BCUT2D eigenvalue weighted by atomic mass is 10.1. The van der Waals surface area contributed by atoms with Gasteiger partial charge in [0.1, 0.15) is 10.8 Å². The summed E-state index contributed by atoms with van der Waals surface area (Å²) in [6, 6.07) is 10.1. The summed E-state index contributed by atoms with van der Waals surface area (Å²) in [7, 11) is 0. The third kappa shape index (κ3) is 2.14. The van der Waals surface area contributed by atoms with Gasteiger partial charge >= 0.3 is 0 Å². The molecule has 0 saturated heterocycles. The van der Waals surface area contributed by atoms with Crippen molar-refractivity contribution in [2.45, 2.75) is 20.8 Å². The van der Waals surface area contributed by atoms with Crippen LogP contribution in [0.5, 0.6) is 0 Å². The summed E-state index contributed by atoms with van der Waals surface area (Å²) in [5.74, 6) is 0.576. The summed E-state index contributed by atoms with van der Waals surface area (Å²) >= 11 is 6.15. The lowest BCUT2D eigenvalue weighted by molar-refractivity contribution is 1.06. The van der Waals surface area contributed by atoms with Gasteiger partial charge in [-0.15, -0.1) is 0 Å². The fourth-order valence-electron chi connectivity index (χ4n) is 2.17. The highest BCUT2D eigenvalue weighted by Gasteiger charge is 2.11. The highest BCUT2D eigenvalue weighted by Crippen LogP contribution is 2.24. The number of pyridine rings is 1. The summed E-state index contributed by atoms with van der Waals surface area (Å²) in [6.45, 7) is 5.91. The minimum Gasteiger partial charge on any atom is -0.244 e. The second-order valence-corrected chi connectivity index (χ2v) is 5.25. The molecule has 0 amide bonds. The van der Waals surface area contributed by atoms with Crippen LogP contribution in [0.1, 0.15) is 16.8 Å². The van der Waals surface area contributed by atoms with Crippen LogP contribution in [0.25, 0.3) is 22.4 Å².